The molecular weight excluding hydrogens is 208 g/mol. The Morgan fingerprint density at radius 1 is 1.75 bits per heavy atom. The first-order valence-corrected chi connectivity index (χ1v) is 5.19. The minimum atomic E-state index is -1.04. The largest absolute Gasteiger partial charge is 0.479 e. The number of allylic oxidation sites excluding steroid dienone is 2. The highest BCUT2D eigenvalue weighted by atomic mass is 16.6. The predicted molar refractivity (Wildman–Crippen MR) is 60.3 cm³/mol. The third-order valence-electron chi connectivity index (χ3n) is 2.97. The molecule has 0 bridgehead atoms. The number of epoxide rings is 1. The van der Waals surface area contributed by atoms with Crippen molar-refractivity contribution < 1.29 is 19.4 Å². The lowest BCUT2D eigenvalue weighted by Crippen LogP contribution is -2.25. The third-order valence-corrected chi connectivity index (χ3v) is 2.97. The molecular formula is C12H18O4. The smallest absolute Gasteiger partial charge is 0.338 e. The van der Waals surface area contributed by atoms with Crippen LogP contribution in [0.2, 0.25) is 0 Å². The summed E-state index contributed by atoms with van der Waals surface area (Å²) in [6.07, 6.45) is 3.70. The number of carbonyl (C=O) groups is 1. The summed E-state index contributed by atoms with van der Waals surface area (Å²) in [5, 5.41) is 8.91. The van der Waals surface area contributed by atoms with Crippen molar-refractivity contribution >= 4 is 5.97 Å². The van der Waals surface area contributed by atoms with E-state index in [4.69, 9.17) is 14.6 Å². The van der Waals surface area contributed by atoms with Crippen molar-refractivity contribution in [2.75, 3.05) is 7.11 Å². The summed E-state index contributed by atoms with van der Waals surface area (Å²) in [6.45, 7) is 7.12. The number of hydrogen-bond acceptors (Lipinski definition) is 3. The summed E-state index contributed by atoms with van der Waals surface area (Å²) in [6, 6.07) is 0. The molecule has 1 aliphatic heterocycles. The van der Waals surface area contributed by atoms with E-state index in [-0.39, 0.29) is 12.2 Å². The Morgan fingerprint density at radius 3 is 2.75 bits per heavy atom. The van der Waals surface area contributed by atoms with Crippen LogP contribution in [0.3, 0.4) is 0 Å². The molecule has 4 heteroatoms. The first-order chi connectivity index (χ1) is 7.45. The average Bonchev–Trinajstić information content (AvgIpc) is 2.88. The van der Waals surface area contributed by atoms with Gasteiger partial charge in [0, 0.05) is 13.5 Å². The topological polar surface area (TPSA) is 59.1 Å². The van der Waals surface area contributed by atoms with Crippen LogP contribution in [0.25, 0.3) is 0 Å². The first-order valence-electron chi connectivity index (χ1n) is 5.19. The van der Waals surface area contributed by atoms with Crippen LogP contribution in [-0.4, -0.2) is 36.0 Å². The van der Waals surface area contributed by atoms with E-state index in [0.717, 1.165) is 5.57 Å². The number of aliphatic carboxylic acids is 1. The van der Waals surface area contributed by atoms with Crippen LogP contribution in [0.15, 0.2) is 24.3 Å². The molecule has 1 N–H and O–H groups in total. The molecule has 16 heavy (non-hydrogen) atoms. The van der Waals surface area contributed by atoms with Crippen molar-refractivity contribution in [2.24, 2.45) is 0 Å². The zero-order valence-corrected chi connectivity index (χ0v) is 9.90. The summed E-state index contributed by atoms with van der Waals surface area (Å²) >= 11 is 0. The van der Waals surface area contributed by atoms with E-state index in [2.05, 4.69) is 6.58 Å². The molecule has 0 aliphatic carbocycles. The molecule has 0 aromatic heterocycles. The van der Waals surface area contributed by atoms with Gasteiger partial charge in [-0.1, -0.05) is 18.7 Å². The lowest BCUT2D eigenvalue weighted by atomic mass is 9.99. The van der Waals surface area contributed by atoms with Crippen LogP contribution < -0.4 is 0 Å². The number of carboxylic acids is 1. The Kier molecular flexibility index (Phi) is 3.88. The van der Waals surface area contributed by atoms with Gasteiger partial charge in [-0.05, 0) is 19.4 Å². The Morgan fingerprint density at radius 2 is 2.38 bits per heavy atom. The van der Waals surface area contributed by atoms with Crippen LogP contribution in [0.1, 0.15) is 20.3 Å². The molecule has 1 heterocycles. The lowest BCUT2D eigenvalue weighted by molar-refractivity contribution is -0.142. The molecule has 0 aromatic rings. The van der Waals surface area contributed by atoms with Crippen LogP contribution in [-0.2, 0) is 14.3 Å². The summed E-state index contributed by atoms with van der Waals surface area (Å²) < 4.78 is 10.5. The zero-order chi connectivity index (χ0) is 12.3. The summed E-state index contributed by atoms with van der Waals surface area (Å²) in [5.41, 5.74) is -0.0219. The molecule has 1 saturated heterocycles. The maximum atomic E-state index is 10.9. The molecule has 0 unspecified atom stereocenters. The Bertz CT molecular complexity index is 321. The minimum Gasteiger partial charge on any atom is -0.479 e. The Hall–Kier alpha value is -1.13. The van der Waals surface area contributed by atoms with Gasteiger partial charge in [-0.25, -0.2) is 4.79 Å². The first kappa shape index (κ1) is 12.9. The summed E-state index contributed by atoms with van der Waals surface area (Å²) in [4.78, 5) is 10.9. The quantitative estimate of drug-likeness (QED) is 0.554. The van der Waals surface area contributed by atoms with Crippen molar-refractivity contribution in [3.05, 3.63) is 24.3 Å². The third kappa shape index (κ3) is 2.51. The normalized spacial score (nSPS) is 30.9. The monoisotopic (exact) mass is 226 g/mol. The molecule has 0 spiro atoms. The highest BCUT2D eigenvalue weighted by Crippen LogP contribution is 2.40. The second-order valence-electron chi connectivity index (χ2n) is 4.13. The highest BCUT2D eigenvalue weighted by Gasteiger charge is 2.59. The van der Waals surface area contributed by atoms with Crippen LogP contribution in [0.5, 0.6) is 0 Å². The van der Waals surface area contributed by atoms with Crippen LogP contribution in [0.4, 0.5) is 0 Å². The second kappa shape index (κ2) is 4.80. The predicted octanol–water partition coefficient (Wildman–Crippen LogP) is 1.77. The molecule has 1 aliphatic rings. The maximum absolute atomic E-state index is 10.9. The lowest BCUT2D eigenvalue weighted by Gasteiger charge is -2.14. The standard InChI is InChI=1S/C12H18O4/c1-5-6-8(2)9(15-4)7-10-12(3,16-10)11(13)14/h5-6,9-10H,1,7H2,2-4H3,(H,13,14)/b8-6+/t9-,10+,12-/m1/s1. The number of carboxylic acid groups (broad SMARTS) is 1. The minimum absolute atomic E-state index is 0.121. The van der Waals surface area contributed by atoms with E-state index in [1.807, 2.05) is 13.0 Å². The maximum Gasteiger partial charge on any atom is 0.338 e. The van der Waals surface area contributed by atoms with Gasteiger partial charge >= 0.3 is 5.97 Å². The van der Waals surface area contributed by atoms with Gasteiger partial charge in [-0.3, -0.25) is 0 Å². The fraction of sp³-hybridized carbons (Fsp3) is 0.583. The number of ether oxygens (including phenoxy) is 2. The van der Waals surface area contributed by atoms with Gasteiger partial charge in [0.2, 0.25) is 0 Å². The van der Waals surface area contributed by atoms with Gasteiger partial charge < -0.3 is 14.6 Å². The van der Waals surface area contributed by atoms with Gasteiger partial charge in [0.15, 0.2) is 5.60 Å². The van der Waals surface area contributed by atoms with Crippen molar-refractivity contribution in [1.29, 1.82) is 0 Å². The van der Waals surface area contributed by atoms with Crippen molar-refractivity contribution in [3.63, 3.8) is 0 Å². The molecule has 4 nitrogen and oxygen atoms in total. The summed E-state index contributed by atoms with van der Waals surface area (Å²) in [5.74, 6) is -0.919. The molecule has 0 aromatic carbocycles. The van der Waals surface area contributed by atoms with Crippen molar-refractivity contribution in [3.8, 4) is 0 Å². The number of hydrogen-bond donors (Lipinski definition) is 1. The second-order valence-corrected chi connectivity index (χ2v) is 4.13. The fourth-order valence-corrected chi connectivity index (χ4v) is 1.68. The molecule has 1 fully saturated rings. The van der Waals surface area contributed by atoms with Gasteiger partial charge in [-0.2, -0.15) is 0 Å². The van der Waals surface area contributed by atoms with Crippen LogP contribution in [0, 0.1) is 0 Å². The van der Waals surface area contributed by atoms with E-state index >= 15 is 0 Å². The molecule has 0 saturated carbocycles. The number of rotatable bonds is 6. The Labute approximate surface area is 95.6 Å². The average molecular weight is 226 g/mol. The van der Waals surface area contributed by atoms with E-state index in [9.17, 15) is 4.79 Å². The van der Waals surface area contributed by atoms with E-state index in [1.54, 1.807) is 20.1 Å². The number of methoxy groups -OCH3 is 1. The molecule has 3 atom stereocenters. The van der Waals surface area contributed by atoms with Gasteiger partial charge in [0.25, 0.3) is 0 Å². The van der Waals surface area contributed by atoms with Crippen molar-refractivity contribution in [2.45, 2.75) is 38.1 Å². The Balaban J connectivity index is 2.58. The van der Waals surface area contributed by atoms with Gasteiger partial charge in [0.05, 0.1) is 6.10 Å². The SMILES string of the molecule is C=C/C=C(\C)[C@@H](C[C@@H]1O[C@@]1(C)C(=O)O)OC. The summed E-state index contributed by atoms with van der Waals surface area (Å²) in [7, 11) is 1.60. The molecule has 0 amide bonds. The van der Waals surface area contributed by atoms with Crippen LogP contribution >= 0.6 is 0 Å². The van der Waals surface area contributed by atoms with E-state index < -0.39 is 11.6 Å². The molecule has 90 valence electrons. The van der Waals surface area contributed by atoms with Crippen molar-refractivity contribution in [1.82, 2.24) is 0 Å². The van der Waals surface area contributed by atoms with Gasteiger partial charge in [0.1, 0.15) is 6.10 Å². The highest BCUT2D eigenvalue weighted by molar-refractivity contribution is 5.80. The fourth-order valence-electron chi connectivity index (χ4n) is 1.68. The molecule has 1 rings (SSSR count). The molecule has 0 radical (unpaired) electrons. The van der Waals surface area contributed by atoms with E-state index in [1.165, 1.54) is 0 Å². The zero-order valence-electron chi connectivity index (χ0n) is 9.90. The van der Waals surface area contributed by atoms with E-state index in [0.29, 0.717) is 6.42 Å². The van der Waals surface area contributed by atoms with Gasteiger partial charge in [-0.15, -0.1) is 0 Å².